The zero-order valence-corrected chi connectivity index (χ0v) is 15.6. The number of aromatic nitrogens is 4. The van der Waals surface area contributed by atoms with Crippen LogP contribution in [-0.4, -0.2) is 36.5 Å². The van der Waals surface area contributed by atoms with Crippen LogP contribution >= 0.6 is 15.9 Å². The third-order valence-electron chi connectivity index (χ3n) is 3.91. The van der Waals surface area contributed by atoms with Crippen molar-refractivity contribution in [1.82, 2.24) is 19.1 Å². The molecule has 2 aromatic rings. The van der Waals surface area contributed by atoms with Crippen molar-refractivity contribution >= 4 is 33.1 Å². The predicted octanol–water partition coefficient (Wildman–Crippen LogP) is 1.000. The summed E-state index contributed by atoms with van der Waals surface area (Å²) < 4.78 is 8.24. The molecule has 0 fully saturated rings. The molecular formula is C15H21BrN4O4. The van der Waals surface area contributed by atoms with Crippen LogP contribution in [0, 0.1) is 0 Å². The fraction of sp³-hybridized carbons (Fsp3) is 0.600. The molecule has 2 aromatic heterocycles. The number of hydrogen-bond acceptors (Lipinski definition) is 5. The lowest BCUT2D eigenvalue weighted by molar-refractivity contribution is -0.145. The standard InChI is InChI=1S/C15H21BrN4O4/c1-9(21)24-10(8-16)6-4-5-7-11-17-13-12(19(11)2)14(22)18-15(23)20(13)3/h10H,4-8H2,1-3H3,(H,18,22,23). The van der Waals surface area contributed by atoms with Crippen molar-refractivity contribution < 1.29 is 9.53 Å². The highest BCUT2D eigenvalue weighted by Gasteiger charge is 2.15. The molecule has 0 aliphatic carbocycles. The van der Waals surface area contributed by atoms with Gasteiger partial charge in [0, 0.05) is 32.8 Å². The summed E-state index contributed by atoms with van der Waals surface area (Å²) in [6.45, 7) is 1.40. The van der Waals surface area contributed by atoms with E-state index in [1.165, 1.54) is 11.5 Å². The number of unbranched alkanes of at least 4 members (excludes halogenated alkanes) is 1. The molecule has 0 bridgehead atoms. The molecular weight excluding hydrogens is 380 g/mol. The second-order valence-electron chi connectivity index (χ2n) is 5.71. The maximum atomic E-state index is 12.0. The van der Waals surface area contributed by atoms with E-state index in [0.717, 1.165) is 25.1 Å². The van der Waals surface area contributed by atoms with Gasteiger partial charge in [0.15, 0.2) is 11.2 Å². The van der Waals surface area contributed by atoms with Crippen LogP contribution in [0.15, 0.2) is 9.59 Å². The largest absolute Gasteiger partial charge is 0.462 e. The molecule has 0 aliphatic rings. The summed E-state index contributed by atoms with van der Waals surface area (Å²) in [5, 5.41) is 0.607. The number of nitrogens with zero attached hydrogens (tertiary/aromatic N) is 3. The minimum atomic E-state index is -0.473. The Morgan fingerprint density at radius 1 is 1.29 bits per heavy atom. The van der Waals surface area contributed by atoms with E-state index in [1.54, 1.807) is 18.7 Å². The number of aromatic amines is 1. The number of esters is 1. The molecule has 0 saturated carbocycles. The number of H-pyrrole nitrogens is 1. The second-order valence-corrected chi connectivity index (χ2v) is 6.36. The highest BCUT2D eigenvalue weighted by molar-refractivity contribution is 9.09. The fourth-order valence-corrected chi connectivity index (χ4v) is 3.09. The van der Waals surface area contributed by atoms with Crippen LogP contribution in [0.4, 0.5) is 0 Å². The van der Waals surface area contributed by atoms with Crippen LogP contribution < -0.4 is 11.2 Å². The van der Waals surface area contributed by atoms with Crippen molar-refractivity contribution in [3.63, 3.8) is 0 Å². The van der Waals surface area contributed by atoms with Gasteiger partial charge in [-0.2, -0.15) is 0 Å². The first-order valence-corrected chi connectivity index (χ1v) is 8.85. The zero-order chi connectivity index (χ0) is 17.9. The number of ether oxygens (including phenoxy) is 1. The lowest BCUT2D eigenvalue weighted by Crippen LogP contribution is -2.29. The second kappa shape index (κ2) is 7.78. The van der Waals surface area contributed by atoms with E-state index in [2.05, 4.69) is 25.9 Å². The van der Waals surface area contributed by atoms with Crippen LogP contribution in [0.3, 0.4) is 0 Å². The number of carbonyl (C=O) groups is 1. The molecule has 0 spiro atoms. The Morgan fingerprint density at radius 3 is 2.62 bits per heavy atom. The van der Waals surface area contributed by atoms with Crippen molar-refractivity contribution in [1.29, 1.82) is 0 Å². The SMILES string of the molecule is CC(=O)OC(CBr)CCCCc1nc2c(c(=O)[nH]c(=O)n2C)n1C. The molecule has 2 rings (SSSR count). The van der Waals surface area contributed by atoms with E-state index in [9.17, 15) is 14.4 Å². The van der Waals surface area contributed by atoms with Crippen molar-refractivity contribution in [2.45, 2.75) is 38.7 Å². The van der Waals surface area contributed by atoms with Gasteiger partial charge < -0.3 is 9.30 Å². The number of alkyl halides is 1. The molecule has 1 atom stereocenters. The highest BCUT2D eigenvalue weighted by atomic mass is 79.9. The molecule has 0 aliphatic heterocycles. The Bertz CT molecular complexity index is 852. The molecule has 0 aromatic carbocycles. The fourth-order valence-electron chi connectivity index (χ4n) is 2.63. The molecule has 24 heavy (non-hydrogen) atoms. The molecule has 8 nitrogen and oxygen atoms in total. The number of hydrogen-bond donors (Lipinski definition) is 1. The molecule has 2 heterocycles. The zero-order valence-electron chi connectivity index (χ0n) is 14.0. The molecule has 9 heteroatoms. The molecule has 0 amide bonds. The summed E-state index contributed by atoms with van der Waals surface area (Å²) in [6.07, 6.45) is 3.00. The number of rotatable bonds is 7. The maximum absolute atomic E-state index is 12.0. The van der Waals surface area contributed by atoms with Crippen molar-refractivity contribution in [3.8, 4) is 0 Å². The predicted molar refractivity (Wildman–Crippen MR) is 93.5 cm³/mol. The number of imidazole rings is 1. The lowest BCUT2D eigenvalue weighted by Gasteiger charge is -2.13. The van der Waals surface area contributed by atoms with Crippen LogP contribution in [0.2, 0.25) is 0 Å². The van der Waals surface area contributed by atoms with Crippen LogP contribution in [0.1, 0.15) is 32.0 Å². The Hall–Kier alpha value is -1.90. The smallest absolute Gasteiger partial charge is 0.329 e. The third kappa shape index (κ3) is 3.95. The number of nitrogens with one attached hydrogen (secondary N) is 1. The quantitative estimate of drug-likeness (QED) is 0.424. The van der Waals surface area contributed by atoms with Gasteiger partial charge in [0.05, 0.1) is 0 Å². The van der Waals surface area contributed by atoms with Crippen LogP contribution in [0.5, 0.6) is 0 Å². The normalized spacial score (nSPS) is 12.5. The van der Waals surface area contributed by atoms with E-state index < -0.39 is 11.2 Å². The van der Waals surface area contributed by atoms with Crippen LogP contribution in [-0.2, 0) is 30.0 Å². The van der Waals surface area contributed by atoms with Crippen molar-refractivity contribution in [2.24, 2.45) is 14.1 Å². The third-order valence-corrected chi connectivity index (χ3v) is 4.63. The average molecular weight is 401 g/mol. The summed E-state index contributed by atoms with van der Waals surface area (Å²) in [5.41, 5.74) is -0.118. The lowest BCUT2D eigenvalue weighted by atomic mass is 10.1. The summed E-state index contributed by atoms with van der Waals surface area (Å²) in [5.74, 6) is 0.467. The Labute approximate surface area is 147 Å². The maximum Gasteiger partial charge on any atom is 0.329 e. The van der Waals surface area contributed by atoms with Gasteiger partial charge in [0.25, 0.3) is 5.56 Å². The summed E-state index contributed by atoms with van der Waals surface area (Å²) >= 11 is 3.33. The first-order chi connectivity index (χ1) is 11.3. The minimum absolute atomic E-state index is 0.133. The first kappa shape index (κ1) is 18.4. The number of carbonyl (C=O) groups excluding carboxylic acids is 1. The van der Waals surface area contributed by atoms with Gasteiger partial charge in [-0.25, -0.2) is 9.78 Å². The number of fused-ring (bicyclic) bond motifs is 1. The average Bonchev–Trinajstić information content (AvgIpc) is 2.85. The van der Waals surface area contributed by atoms with E-state index in [0.29, 0.717) is 22.9 Å². The number of halogens is 1. The molecule has 1 unspecified atom stereocenters. The van der Waals surface area contributed by atoms with E-state index >= 15 is 0 Å². The van der Waals surface area contributed by atoms with Crippen LogP contribution in [0.25, 0.3) is 11.2 Å². The molecule has 0 saturated heterocycles. The van der Waals surface area contributed by atoms with Crippen molar-refractivity contribution in [2.75, 3.05) is 5.33 Å². The Morgan fingerprint density at radius 2 is 2.00 bits per heavy atom. The molecule has 1 N–H and O–H groups in total. The van der Waals surface area contributed by atoms with Gasteiger partial charge in [0.2, 0.25) is 0 Å². The van der Waals surface area contributed by atoms with Gasteiger partial charge in [-0.3, -0.25) is 19.1 Å². The van der Waals surface area contributed by atoms with E-state index in [-0.39, 0.29) is 12.1 Å². The van der Waals surface area contributed by atoms with Gasteiger partial charge in [0.1, 0.15) is 11.9 Å². The molecule has 0 radical (unpaired) electrons. The van der Waals surface area contributed by atoms with Gasteiger partial charge in [-0.15, -0.1) is 0 Å². The molecule has 132 valence electrons. The monoisotopic (exact) mass is 400 g/mol. The highest BCUT2D eigenvalue weighted by Crippen LogP contribution is 2.14. The number of aryl methyl sites for hydroxylation is 3. The summed E-state index contributed by atoms with van der Waals surface area (Å²) in [7, 11) is 3.35. The summed E-state index contributed by atoms with van der Waals surface area (Å²) in [4.78, 5) is 41.3. The Balaban J connectivity index is 2.06. The van der Waals surface area contributed by atoms with Gasteiger partial charge in [-0.05, 0) is 19.3 Å². The van der Waals surface area contributed by atoms with Crippen molar-refractivity contribution in [3.05, 3.63) is 26.7 Å². The van der Waals surface area contributed by atoms with Gasteiger partial charge >= 0.3 is 11.7 Å². The topological polar surface area (TPSA) is 99.0 Å². The first-order valence-electron chi connectivity index (χ1n) is 7.73. The summed E-state index contributed by atoms with van der Waals surface area (Å²) in [6, 6.07) is 0. The van der Waals surface area contributed by atoms with E-state index in [4.69, 9.17) is 4.74 Å². The van der Waals surface area contributed by atoms with Gasteiger partial charge in [-0.1, -0.05) is 15.9 Å². The minimum Gasteiger partial charge on any atom is -0.462 e. The Kier molecular flexibility index (Phi) is 5.98. The van der Waals surface area contributed by atoms with E-state index in [1.807, 2.05) is 0 Å².